The van der Waals surface area contributed by atoms with Gasteiger partial charge in [-0.3, -0.25) is 0 Å². The van der Waals surface area contributed by atoms with Crippen molar-refractivity contribution >= 4 is 17.3 Å². The van der Waals surface area contributed by atoms with E-state index in [0.29, 0.717) is 22.2 Å². The summed E-state index contributed by atoms with van der Waals surface area (Å²) in [5.74, 6) is 0.893. The minimum atomic E-state index is -0.313. The Morgan fingerprint density at radius 1 is 1.25 bits per heavy atom. The number of carbonyl (C=O) groups is 1. The highest BCUT2D eigenvalue weighted by Gasteiger charge is 2.16. The SMILES string of the molecule is CCc1sc(C(=O)OCc2nc(-c3ccccc3)oc2C)cc1C. The van der Waals surface area contributed by atoms with Crippen LogP contribution in [-0.4, -0.2) is 11.0 Å². The summed E-state index contributed by atoms with van der Waals surface area (Å²) in [6.07, 6.45) is 0.923. The molecule has 0 atom stereocenters. The first-order chi connectivity index (χ1) is 11.6. The molecule has 0 fully saturated rings. The van der Waals surface area contributed by atoms with Gasteiger partial charge in [0.2, 0.25) is 5.89 Å². The highest BCUT2D eigenvalue weighted by molar-refractivity contribution is 7.14. The topological polar surface area (TPSA) is 52.3 Å². The zero-order valence-corrected chi connectivity index (χ0v) is 14.8. The van der Waals surface area contributed by atoms with E-state index in [1.165, 1.54) is 16.2 Å². The van der Waals surface area contributed by atoms with Crippen molar-refractivity contribution in [3.63, 3.8) is 0 Å². The van der Waals surface area contributed by atoms with Crippen LogP contribution in [0, 0.1) is 13.8 Å². The Morgan fingerprint density at radius 2 is 2.00 bits per heavy atom. The molecule has 124 valence electrons. The third kappa shape index (κ3) is 3.41. The van der Waals surface area contributed by atoms with Crippen molar-refractivity contribution in [3.05, 3.63) is 63.2 Å². The first-order valence-electron chi connectivity index (χ1n) is 7.86. The van der Waals surface area contributed by atoms with Gasteiger partial charge in [0, 0.05) is 10.4 Å². The van der Waals surface area contributed by atoms with Gasteiger partial charge in [-0.05, 0) is 44.0 Å². The van der Waals surface area contributed by atoms with Crippen LogP contribution in [0.4, 0.5) is 0 Å². The van der Waals surface area contributed by atoms with Crippen LogP contribution in [0.5, 0.6) is 0 Å². The number of carbonyl (C=O) groups excluding carboxylic acids is 1. The molecule has 0 aliphatic carbocycles. The van der Waals surface area contributed by atoms with Crippen LogP contribution in [0.2, 0.25) is 0 Å². The molecule has 24 heavy (non-hydrogen) atoms. The van der Waals surface area contributed by atoms with Gasteiger partial charge in [0.1, 0.15) is 22.9 Å². The van der Waals surface area contributed by atoms with Crippen molar-refractivity contribution < 1.29 is 13.9 Å². The van der Waals surface area contributed by atoms with E-state index in [1.54, 1.807) is 0 Å². The Labute approximate surface area is 145 Å². The van der Waals surface area contributed by atoms with E-state index in [9.17, 15) is 4.79 Å². The van der Waals surface area contributed by atoms with Crippen molar-refractivity contribution in [1.82, 2.24) is 4.98 Å². The van der Waals surface area contributed by atoms with E-state index in [0.717, 1.165) is 17.5 Å². The third-order valence-electron chi connectivity index (χ3n) is 3.80. The van der Waals surface area contributed by atoms with Crippen LogP contribution in [-0.2, 0) is 17.8 Å². The average molecular weight is 341 g/mol. The third-order valence-corrected chi connectivity index (χ3v) is 5.16. The van der Waals surface area contributed by atoms with Crippen LogP contribution < -0.4 is 0 Å². The first-order valence-corrected chi connectivity index (χ1v) is 8.68. The van der Waals surface area contributed by atoms with E-state index in [4.69, 9.17) is 9.15 Å². The number of hydrogen-bond acceptors (Lipinski definition) is 5. The lowest BCUT2D eigenvalue weighted by atomic mass is 10.2. The smallest absolute Gasteiger partial charge is 0.348 e. The van der Waals surface area contributed by atoms with Gasteiger partial charge in [-0.15, -0.1) is 11.3 Å². The molecular formula is C19H19NO3S. The summed E-state index contributed by atoms with van der Waals surface area (Å²) in [7, 11) is 0. The number of aryl methyl sites for hydroxylation is 3. The van der Waals surface area contributed by atoms with Gasteiger partial charge in [-0.2, -0.15) is 0 Å². The van der Waals surface area contributed by atoms with Gasteiger partial charge in [0.25, 0.3) is 0 Å². The lowest BCUT2D eigenvalue weighted by Crippen LogP contribution is -2.04. The lowest BCUT2D eigenvalue weighted by molar-refractivity contribution is 0.0472. The maximum Gasteiger partial charge on any atom is 0.348 e. The van der Waals surface area contributed by atoms with Crippen molar-refractivity contribution in [1.29, 1.82) is 0 Å². The van der Waals surface area contributed by atoms with E-state index in [2.05, 4.69) is 11.9 Å². The number of aromatic nitrogens is 1. The maximum absolute atomic E-state index is 12.2. The largest absolute Gasteiger partial charge is 0.455 e. The van der Waals surface area contributed by atoms with Crippen molar-refractivity contribution in [2.24, 2.45) is 0 Å². The molecule has 0 saturated heterocycles. The van der Waals surface area contributed by atoms with Gasteiger partial charge in [0.15, 0.2) is 0 Å². The molecule has 5 heteroatoms. The number of ether oxygens (including phenoxy) is 1. The molecular weight excluding hydrogens is 322 g/mol. The molecule has 0 aliphatic heterocycles. The molecule has 4 nitrogen and oxygen atoms in total. The summed E-state index contributed by atoms with van der Waals surface area (Å²) < 4.78 is 11.1. The maximum atomic E-state index is 12.2. The molecule has 0 saturated carbocycles. The lowest BCUT2D eigenvalue weighted by Gasteiger charge is -2.00. The van der Waals surface area contributed by atoms with E-state index in [-0.39, 0.29) is 12.6 Å². The fourth-order valence-electron chi connectivity index (χ4n) is 2.44. The Kier molecular flexibility index (Phi) is 4.81. The fourth-order valence-corrected chi connectivity index (χ4v) is 3.45. The summed E-state index contributed by atoms with van der Waals surface area (Å²) in [4.78, 5) is 18.5. The number of esters is 1. The number of oxazole rings is 1. The van der Waals surface area contributed by atoms with Crippen molar-refractivity contribution in [2.45, 2.75) is 33.8 Å². The zero-order valence-electron chi connectivity index (χ0n) is 14.0. The monoisotopic (exact) mass is 341 g/mol. The van der Waals surface area contributed by atoms with Gasteiger partial charge in [0.05, 0.1) is 0 Å². The summed E-state index contributed by atoms with van der Waals surface area (Å²) in [5, 5.41) is 0. The standard InChI is InChI=1S/C19H19NO3S/c1-4-16-12(2)10-17(24-16)19(21)22-11-15-13(3)23-18(20-15)14-8-6-5-7-9-14/h5-10H,4,11H2,1-3H3. The number of nitrogens with zero attached hydrogens (tertiary/aromatic N) is 1. The number of hydrogen-bond donors (Lipinski definition) is 0. The van der Waals surface area contributed by atoms with Gasteiger partial charge in [-0.1, -0.05) is 25.1 Å². The molecule has 0 bridgehead atoms. The zero-order chi connectivity index (χ0) is 17.1. The minimum absolute atomic E-state index is 0.111. The van der Waals surface area contributed by atoms with E-state index >= 15 is 0 Å². The van der Waals surface area contributed by atoms with Crippen LogP contribution in [0.15, 0.2) is 40.8 Å². The van der Waals surface area contributed by atoms with Crippen molar-refractivity contribution in [2.75, 3.05) is 0 Å². The Morgan fingerprint density at radius 3 is 2.67 bits per heavy atom. The highest BCUT2D eigenvalue weighted by Crippen LogP contribution is 2.25. The second-order valence-electron chi connectivity index (χ2n) is 5.53. The molecule has 0 amide bonds. The minimum Gasteiger partial charge on any atom is -0.455 e. The molecule has 0 aliphatic rings. The van der Waals surface area contributed by atoms with Crippen LogP contribution in [0.3, 0.4) is 0 Å². The Bertz CT molecular complexity index is 849. The normalized spacial score (nSPS) is 10.8. The van der Waals surface area contributed by atoms with Crippen LogP contribution in [0.1, 0.15) is 38.5 Å². The average Bonchev–Trinajstić information content (AvgIpc) is 3.16. The highest BCUT2D eigenvalue weighted by atomic mass is 32.1. The molecule has 0 N–H and O–H groups in total. The molecule has 3 aromatic rings. The second-order valence-corrected chi connectivity index (χ2v) is 6.67. The molecule has 2 heterocycles. The summed E-state index contributed by atoms with van der Waals surface area (Å²) >= 11 is 1.49. The van der Waals surface area contributed by atoms with Gasteiger partial charge in [-0.25, -0.2) is 9.78 Å². The van der Waals surface area contributed by atoms with Gasteiger partial charge >= 0.3 is 5.97 Å². The summed E-state index contributed by atoms with van der Waals surface area (Å²) in [6.45, 7) is 6.03. The van der Waals surface area contributed by atoms with Crippen molar-refractivity contribution in [3.8, 4) is 11.5 Å². The number of rotatable bonds is 5. The van der Waals surface area contributed by atoms with Crippen LogP contribution in [0.25, 0.3) is 11.5 Å². The predicted molar refractivity (Wildman–Crippen MR) is 94.2 cm³/mol. The molecule has 2 aromatic heterocycles. The molecule has 3 rings (SSSR count). The summed E-state index contributed by atoms with van der Waals surface area (Å²) in [5.41, 5.74) is 2.68. The first kappa shape index (κ1) is 16.5. The molecule has 1 aromatic carbocycles. The Balaban J connectivity index is 1.70. The fraction of sp³-hybridized carbons (Fsp3) is 0.263. The summed E-state index contributed by atoms with van der Waals surface area (Å²) in [6, 6.07) is 11.5. The predicted octanol–water partition coefficient (Wildman–Crippen LogP) is 4.94. The molecule has 0 spiro atoms. The van der Waals surface area contributed by atoms with E-state index in [1.807, 2.05) is 50.2 Å². The molecule has 0 radical (unpaired) electrons. The number of benzene rings is 1. The molecule has 0 unspecified atom stereocenters. The quantitative estimate of drug-likeness (QED) is 0.617. The van der Waals surface area contributed by atoms with Gasteiger partial charge < -0.3 is 9.15 Å². The second kappa shape index (κ2) is 7.01. The van der Waals surface area contributed by atoms with E-state index < -0.39 is 0 Å². The Hall–Kier alpha value is -2.40. The van der Waals surface area contributed by atoms with Crippen LogP contribution >= 0.6 is 11.3 Å². The number of thiophene rings is 1.